The molecule has 1 atom stereocenters. The lowest BCUT2D eigenvalue weighted by atomic mass is 10.0. The van der Waals surface area contributed by atoms with E-state index in [1.807, 2.05) is 0 Å². The fourth-order valence-electron chi connectivity index (χ4n) is 3.22. The standard InChI is InChI=1S/C19H23N5/c1-15-6-4-5-11-24(15)14-17-8-3-2-7-16(17)13-23-19-18(12-20)21-9-10-22-19/h2-3,7-10,15H,4-6,11,13-14H2,1H3,(H,22,23). The van der Waals surface area contributed by atoms with Crippen molar-refractivity contribution >= 4 is 5.82 Å². The summed E-state index contributed by atoms with van der Waals surface area (Å²) in [7, 11) is 0. The quantitative estimate of drug-likeness (QED) is 0.915. The van der Waals surface area contributed by atoms with Crippen molar-refractivity contribution in [1.82, 2.24) is 14.9 Å². The second kappa shape index (κ2) is 7.89. The van der Waals surface area contributed by atoms with Crippen molar-refractivity contribution in [2.75, 3.05) is 11.9 Å². The minimum absolute atomic E-state index is 0.333. The average Bonchev–Trinajstić information content (AvgIpc) is 2.63. The first-order chi connectivity index (χ1) is 11.8. The van der Waals surface area contributed by atoms with E-state index in [2.05, 4.69) is 57.4 Å². The number of nitrogens with zero attached hydrogens (tertiary/aromatic N) is 4. The Morgan fingerprint density at radius 3 is 2.79 bits per heavy atom. The molecule has 3 rings (SSSR count). The minimum Gasteiger partial charge on any atom is -0.364 e. The van der Waals surface area contributed by atoms with Crippen molar-refractivity contribution in [2.24, 2.45) is 0 Å². The lowest BCUT2D eigenvalue weighted by Crippen LogP contribution is -2.37. The van der Waals surface area contributed by atoms with Gasteiger partial charge in [0, 0.05) is 31.5 Å². The summed E-state index contributed by atoms with van der Waals surface area (Å²) in [5.74, 6) is 0.543. The Morgan fingerprint density at radius 1 is 1.21 bits per heavy atom. The molecule has 1 aromatic carbocycles. The summed E-state index contributed by atoms with van der Waals surface area (Å²) in [6, 6.07) is 11.2. The van der Waals surface area contributed by atoms with E-state index in [1.54, 1.807) is 6.20 Å². The van der Waals surface area contributed by atoms with Crippen molar-refractivity contribution in [3.05, 3.63) is 53.5 Å². The molecule has 0 bridgehead atoms. The number of hydrogen-bond donors (Lipinski definition) is 1. The molecule has 1 aliphatic heterocycles. The Hall–Kier alpha value is -2.45. The summed E-state index contributed by atoms with van der Waals surface area (Å²) in [5, 5.41) is 12.4. The van der Waals surface area contributed by atoms with E-state index in [9.17, 15) is 0 Å². The zero-order valence-corrected chi connectivity index (χ0v) is 14.1. The lowest BCUT2D eigenvalue weighted by molar-refractivity contribution is 0.152. The van der Waals surface area contributed by atoms with Gasteiger partial charge in [-0.2, -0.15) is 5.26 Å². The summed E-state index contributed by atoms with van der Waals surface area (Å²) in [4.78, 5) is 10.8. The molecule has 0 radical (unpaired) electrons. The molecule has 0 saturated carbocycles. The Labute approximate surface area is 143 Å². The average molecular weight is 321 g/mol. The summed E-state index contributed by atoms with van der Waals surface area (Å²) >= 11 is 0. The van der Waals surface area contributed by atoms with Crippen LogP contribution in [0.25, 0.3) is 0 Å². The molecule has 1 N–H and O–H groups in total. The molecule has 5 heteroatoms. The molecule has 5 nitrogen and oxygen atoms in total. The molecule has 1 aromatic heterocycles. The lowest BCUT2D eigenvalue weighted by Gasteiger charge is -2.33. The zero-order valence-electron chi connectivity index (χ0n) is 14.1. The summed E-state index contributed by atoms with van der Waals surface area (Å²) in [6.45, 7) is 5.11. The first-order valence-corrected chi connectivity index (χ1v) is 8.53. The van der Waals surface area contributed by atoms with Crippen LogP contribution in [-0.4, -0.2) is 27.5 Å². The maximum absolute atomic E-state index is 9.12. The summed E-state index contributed by atoms with van der Waals surface area (Å²) in [5.41, 5.74) is 2.91. The maximum Gasteiger partial charge on any atom is 0.182 e. The molecule has 2 heterocycles. The fourth-order valence-corrected chi connectivity index (χ4v) is 3.22. The molecule has 1 aliphatic rings. The fraction of sp³-hybridized carbons (Fsp3) is 0.421. The Balaban J connectivity index is 1.71. The molecule has 1 saturated heterocycles. The van der Waals surface area contributed by atoms with Crippen LogP contribution in [-0.2, 0) is 13.1 Å². The first-order valence-electron chi connectivity index (χ1n) is 8.53. The highest BCUT2D eigenvalue weighted by atomic mass is 15.2. The summed E-state index contributed by atoms with van der Waals surface area (Å²) in [6.07, 6.45) is 7.05. The van der Waals surface area contributed by atoms with Gasteiger partial charge in [0.05, 0.1) is 0 Å². The molecule has 0 aliphatic carbocycles. The topological polar surface area (TPSA) is 64.8 Å². The third-order valence-electron chi connectivity index (χ3n) is 4.68. The second-order valence-electron chi connectivity index (χ2n) is 6.30. The molecule has 2 aromatic rings. The third kappa shape index (κ3) is 3.90. The van der Waals surface area contributed by atoms with E-state index in [0.29, 0.717) is 24.1 Å². The van der Waals surface area contributed by atoms with Crippen LogP contribution in [0.4, 0.5) is 5.82 Å². The largest absolute Gasteiger partial charge is 0.364 e. The van der Waals surface area contributed by atoms with Gasteiger partial charge in [-0.05, 0) is 37.4 Å². The van der Waals surface area contributed by atoms with Gasteiger partial charge < -0.3 is 5.32 Å². The Bertz CT molecular complexity index is 722. The number of nitrogens with one attached hydrogen (secondary N) is 1. The van der Waals surface area contributed by atoms with Crippen LogP contribution in [0.5, 0.6) is 0 Å². The monoisotopic (exact) mass is 321 g/mol. The predicted octanol–water partition coefficient (Wildman–Crippen LogP) is 3.33. The van der Waals surface area contributed by atoms with Crippen LogP contribution in [0.2, 0.25) is 0 Å². The number of piperidine rings is 1. The van der Waals surface area contributed by atoms with Gasteiger partial charge in [0.25, 0.3) is 0 Å². The van der Waals surface area contributed by atoms with Gasteiger partial charge in [-0.25, -0.2) is 9.97 Å². The number of aromatic nitrogens is 2. The van der Waals surface area contributed by atoms with Crippen LogP contribution < -0.4 is 5.32 Å². The van der Waals surface area contributed by atoms with Crippen LogP contribution in [0.3, 0.4) is 0 Å². The van der Waals surface area contributed by atoms with Gasteiger partial charge in [-0.3, -0.25) is 4.90 Å². The normalized spacial score (nSPS) is 18.1. The molecule has 124 valence electrons. The maximum atomic E-state index is 9.12. The van der Waals surface area contributed by atoms with Gasteiger partial charge in [0.1, 0.15) is 6.07 Å². The van der Waals surface area contributed by atoms with E-state index < -0.39 is 0 Å². The van der Waals surface area contributed by atoms with Crippen molar-refractivity contribution < 1.29 is 0 Å². The zero-order chi connectivity index (χ0) is 16.8. The Morgan fingerprint density at radius 2 is 2.00 bits per heavy atom. The third-order valence-corrected chi connectivity index (χ3v) is 4.68. The van der Waals surface area contributed by atoms with Crippen molar-refractivity contribution in [1.29, 1.82) is 5.26 Å². The van der Waals surface area contributed by atoms with E-state index in [1.165, 1.54) is 43.1 Å². The summed E-state index contributed by atoms with van der Waals surface area (Å²) < 4.78 is 0. The van der Waals surface area contributed by atoms with E-state index in [-0.39, 0.29) is 0 Å². The predicted molar refractivity (Wildman–Crippen MR) is 94.2 cm³/mol. The van der Waals surface area contributed by atoms with Crippen molar-refractivity contribution in [3.63, 3.8) is 0 Å². The Kier molecular flexibility index (Phi) is 5.39. The van der Waals surface area contributed by atoms with Gasteiger partial charge in [-0.15, -0.1) is 0 Å². The van der Waals surface area contributed by atoms with Crippen LogP contribution in [0.15, 0.2) is 36.7 Å². The molecule has 24 heavy (non-hydrogen) atoms. The van der Waals surface area contributed by atoms with Gasteiger partial charge >= 0.3 is 0 Å². The van der Waals surface area contributed by atoms with Crippen molar-refractivity contribution in [2.45, 2.75) is 45.3 Å². The van der Waals surface area contributed by atoms with Gasteiger partial charge in [-0.1, -0.05) is 30.7 Å². The van der Waals surface area contributed by atoms with Crippen LogP contribution in [0.1, 0.15) is 43.0 Å². The minimum atomic E-state index is 0.333. The highest BCUT2D eigenvalue weighted by molar-refractivity contribution is 5.47. The molecule has 0 amide bonds. The number of anilines is 1. The van der Waals surface area contributed by atoms with Crippen LogP contribution >= 0.6 is 0 Å². The number of rotatable bonds is 5. The van der Waals surface area contributed by atoms with Crippen LogP contribution in [0, 0.1) is 11.3 Å². The molecular formula is C19H23N5. The van der Waals surface area contributed by atoms with E-state index in [4.69, 9.17) is 5.26 Å². The second-order valence-corrected chi connectivity index (χ2v) is 6.30. The number of likely N-dealkylation sites (tertiary alicyclic amines) is 1. The molecule has 1 unspecified atom stereocenters. The molecule has 0 spiro atoms. The first kappa shape index (κ1) is 16.4. The highest BCUT2D eigenvalue weighted by Gasteiger charge is 2.19. The number of nitriles is 1. The number of benzene rings is 1. The van der Waals surface area contributed by atoms with Gasteiger partial charge in [0.15, 0.2) is 11.5 Å². The highest BCUT2D eigenvalue weighted by Crippen LogP contribution is 2.21. The van der Waals surface area contributed by atoms with E-state index >= 15 is 0 Å². The van der Waals surface area contributed by atoms with E-state index in [0.717, 1.165) is 6.54 Å². The van der Waals surface area contributed by atoms with Gasteiger partial charge in [0.2, 0.25) is 0 Å². The molecule has 1 fully saturated rings. The SMILES string of the molecule is CC1CCCCN1Cc1ccccc1CNc1nccnc1C#N. The van der Waals surface area contributed by atoms with Crippen molar-refractivity contribution in [3.8, 4) is 6.07 Å². The number of hydrogen-bond acceptors (Lipinski definition) is 5. The molecular weight excluding hydrogens is 298 g/mol. The smallest absolute Gasteiger partial charge is 0.182 e.